The highest BCUT2D eigenvalue weighted by Crippen LogP contribution is 3.07. The van der Waals surface area contributed by atoms with Crippen LogP contribution >= 0.6 is 0 Å². The lowest BCUT2D eigenvalue weighted by atomic mass is 9.66. The molecule has 0 saturated heterocycles. The molecule has 5 saturated carbocycles. The molecule has 0 aliphatic heterocycles. The Morgan fingerprint density at radius 3 is 2.66 bits per heavy atom. The van der Waals surface area contributed by atoms with Gasteiger partial charge in [-0.1, -0.05) is 12.1 Å². The third-order valence-electron chi connectivity index (χ3n) is 9.85. The molecule has 0 heterocycles. The van der Waals surface area contributed by atoms with Gasteiger partial charge >= 0.3 is 5.97 Å². The van der Waals surface area contributed by atoms with E-state index in [4.69, 9.17) is 15.2 Å². The van der Waals surface area contributed by atoms with E-state index in [9.17, 15) is 10.1 Å². The van der Waals surface area contributed by atoms with Crippen molar-refractivity contribution in [2.45, 2.75) is 72.3 Å². The lowest BCUT2D eigenvalue weighted by molar-refractivity contribution is -0.170. The molecule has 0 amide bonds. The van der Waals surface area contributed by atoms with Gasteiger partial charge in [-0.3, -0.25) is 9.79 Å². The van der Waals surface area contributed by atoms with Crippen LogP contribution < -0.4 is 10.5 Å². The first-order chi connectivity index (χ1) is 16.5. The monoisotopic (exact) mass is 473 g/mol. The summed E-state index contributed by atoms with van der Waals surface area (Å²) >= 11 is 0. The SMILES string of the molecule is CCN=C(Oc1ccccc1C#N)/C(C)=C(\N)C1CC12CC13C[C@@H]1C1(C(=O)OC(C)(C)C)CC31C2. The molecule has 6 rings (SSSR count). The summed E-state index contributed by atoms with van der Waals surface area (Å²) in [7, 11) is 0. The van der Waals surface area contributed by atoms with Crippen molar-refractivity contribution in [2.75, 3.05) is 6.54 Å². The normalized spacial score (nSPS) is 40.4. The molecule has 5 aliphatic rings. The lowest BCUT2D eigenvalue weighted by Crippen LogP contribution is -2.43. The molecule has 0 bridgehead atoms. The first-order valence-electron chi connectivity index (χ1n) is 12.9. The second-order valence-electron chi connectivity index (χ2n) is 12.7. The summed E-state index contributed by atoms with van der Waals surface area (Å²) < 4.78 is 12.0. The van der Waals surface area contributed by atoms with Gasteiger partial charge in [-0.15, -0.1) is 0 Å². The van der Waals surface area contributed by atoms with E-state index in [0.29, 0.717) is 41.0 Å². The molecule has 6 atom stereocenters. The number of carbonyl (C=O) groups is 1. The van der Waals surface area contributed by atoms with E-state index in [2.05, 4.69) is 11.1 Å². The highest BCUT2D eigenvalue weighted by Gasteiger charge is 3.04. The quantitative estimate of drug-likeness (QED) is 0.363. The predicted octanol–water partition coefficient (Wildman–Crippen LogP) is 5.13. The van der Waals surface area contributed by atoms with Crippen molar-refractivity contribution in [3.8, 4) is 11.8 Å². The number of para-hydroxylation sites is 1. The summed E-state index contributed by atoms with van der Waals surface area (Å²) in [6.07, 6.45) is 5.54. The summed E-state index contributed by atoms with van der Waals surface area (Å²) in [6.45, 7) is 10.4. The molecular weight excluding hydrogens is 438 g/mol. The Hall–Kier alpha value is -2.81. The van der Waals surface area contributed by atoms with Crippen molar-refractivity contribution in [3.63, 3.8) is 0 Å². The number of nitrogens with two attached hydrogens (primary N) is 1. The highest BCUT2D eigenvalue weighted by atomic mass is 16.6. The van der Waals surface area contributed by atoms with Crippen LogP contribution in [0.5, 0.6) is 5.75 Å². The molecule has 5 unspecified atom stereocenters. The average molecular weight is 474 g/mol. The molecule has 5 fully saturated rings. The van der Waals surface area contributed by atoms with Crippen LogP contribution in [-0.2, 0) is 9.53 Å². The number of aliphatic imine (C=N–C) groups is 1. The van der Waals surface area contributed by atoms with Crippen LogP contribution in [0.15, 0.2) is 40.5 Å². The third-order valence-corrected chi connectivity index (χ3v) is 9.85. The minimum absolute atomic E-state index is 0.0407. The molecule has 1 aromatic rings. The van der Waals surface area contributed by atoms with Crippen LogP contribution in [0, 0.1) is 44.8 Å². The molecule has 0 aromatic heterocycles. The highest BCUT2D eigenvalue weighted by molar-refractivity contribution is 5.95. The number of ether oxygens (including phenoxy) is 2. The number of rotatable bonds is 5. The Labute approximate surface area is 207 Å². The fraction of sp³-hybridized carbons (Fsp3) is 0.621. The van der Waals surface area contributed by atoms with Gasteiger partial charge in [0.25, 0.3) is 0 Å². The largest absolute Gasteiger partial charge is 0.460 e. The fourth-order valence-electron chi connectivity index (χ4n) is 8.43. The number of hydrogen-bond acceptors (Lipinski definition) is 6. The van der Waals surface area contributed by atoms with Gasteiger partial charge in [-0.05, 0) is 101 Å². The number of nitrogens with zero attached hydrogens (tertiary/aromatic N) is 2. The second kappa shape index (κ2) is 6.69. The number of benzene rings is 1. The zero-order valence-corrected chi connectivity index (χ0v) is 21.4. The molecule has 35 heavy (non-hydrogen) atoms. The summed E-state index contributed by atoms with van der Waals surface area (Å²) in [4.78, 5) is 17.8. The van der Waals surface area contributed by atoms with Crippen molar-refractivity contribution < 1.29 is 14.3 Å². The van der Waals surface area contributed by atoms with Crippen molar-refractivity contribution in [1.82, 2.24) is 0 Å². The fourth-order valence-corrected chi connectivity index (χ4v) is 8.43. The maximum Gasteiger partial charge on any atom is 0.313 e. The molecule has 6 nitrogen and oxygen atoms in total. The molecule has 2 N–H and O–H groups in total. The molecule has 1 aromatic carbocycles. The van der Waals surface area contributed by atoms with Crippen molar-refractivity contribution in [3.05, 3.63) is 41.1 Å². The summed E-state index contributed by atoms with van der Waals surface area (Å²) in [5, 5.41) is 9.44. The van der Waals surface area contributed by atoms with E-state index in [1.165, 1.54) is 12.8 Å². The Morgan fingerprint density at radius 1 is 1.23 bits per heavy atom. The zero-order chi connectivity index (χ0) is 25.0. The van der Waals surface area contributed by atoms with Crippen LogP contribution in [0.4, 0.5) is 0 Å². The number of nitriles is 1. The Balaban J connectivity index is 1.22. The number of fused-ring (bicyclic) bond motifs is 1. The van der Waals surface area contributed by atoms with Gasteiger partial charge in [0.1, 0.15) is 17.4 Å². The van der Waals surface area contributed by atoms with Crippen LogP contribution in [0.2, 0.25) is 0 Å². The third kappa shape index (κ3) is 2.76. The zero-order valence-electron chi connectivity index (χ0n) is 21.4. The Kier molecular flexibility index (Phi) is 4.33. The molecule has 184 valence electrons. The summed E-state index contributed by atoms with van der Waals surface area (Å²) in [6, 6.07) is 9.38. The van der Waals surface area contributed by atoms with Gasteiger partial charge in [-0.2, -0.15) is 5.26 Å². The van der Waals surface area contributed by atoms with Gasteiger partial charge in [0.05, 0.1) is 11.0 Å². The molecule has 0 radical (unpaired) electrons. The topological polar surface area (TPSA) is 97.7 Å². The Bertz CT molecular complexity index is 1250. The first-order valence-corrected chi connectivity index (χ1v) is 12.9. The average Bonchev–Trinajstić information content (AvgIpc) is 3.71. The maximum absolute atomic E-state index is 13.2. The first kappa shape index (κ1) is 22.6. The maximum atomic E-state index is 13.2. The molecular formula is C29H35N3O3. The van der Waals surface area contributed by atoms with Gasteiger partial charge in [0.2, 0.25) is 5.90 Å². The van der Waals surface area contributed by atoms with E-state index >= 15 is 0 Å². The van der Waals surface area contributed by atoms with Gasteiger partial charge in [-0.25, -0.2) is 0 Å². The van der Waals surface area contributed by atoms with Gasteiger partial charge in [0, 0.05) is 23.7 Å². The number of hydrogen-bond donors (Lipinski definition) is 1. The summed E-state index contributed by atoms with van der Waals surface area (Å²) in [5.74, 6) is 1.84. The minimum Gasteiger partial charge on any atom is -0.460 e. The lowest BCUT2D eigenvalue weighted by Gasteiger charge is -2.38. The molecule has 3 spiro atoms. The predicted molar refractivity (Wildman–Crippen MR) is 132 cm³/mol. The number of carbonyl (C=O) groups excluding carboxylic acids is 1. The van der Waals surface area contributed by atoms with Crippen LogP contribution in [0.1, 0.15) is 72.3 Å². The minimum atomic E-state index is -0.440. The van der Waals surface area contributed by atoms with Crippen LogP contribution in [0.25, 0.3) is 0 Å². The van der Waals surface area contributed by atoms with E-state index in [1.807, 2.05) is 46.8 Å². The van der Waals surface area contributed by atoms with E-state index in [0.717, 1.165) is 30.5 Å². The number of esters is 1. The molecule has 6 heteroatoms. The molecule has 5 aliphatic carbocycles. The van der Waals surface area contributed by atoms with Gasteiger partial charge in [0.15, 0.2) is 0 Å². The van der Waals surface area contributed by atoms with Crippen molar-refractivity contribution in [2.24, 2.45) is 44.2 Å². The van der Waals surface area contributed by atoms with Crippen molar-refractivity contribution >= 4 is 11.9 Å². The van der Waals surface area contributed by atoms with Crippen LogP contribution in [0.3, 0.4) is 0 Å². The smallest absolute Gasteiger partial charge is 0.313 e. The van der Waals surface area contributed by atoms with E-state index in [1.54, 1.807) is 12.1 Å². The van der Waals surface area contributed by atoms with Crippen molar-refractivity contribution in [1.29, 1.82) is 5.26 Å². The second-order valence-corrected chi connectivity index (χ2v) is 12.7. The summed E-state index contributed by atoms with van der Waals surface area (Å²) in [5.41, 5.74) is 9.02. The Morgan fingerprint density at radius 2 is 1.97 bits per heavy atom. The van der Waals surface area contributed by atoms with Gasteiger partial charge < -0.3 is 15.2 Å². The van der Waals surface area contributed by atoms with E-state index in [-0.39, 0.29) is 22.2 Å². The number of allylic oxidation sites excluding steroid dienone is 1. The van der Waals surface area contributed by atoms with E-state index < -0.39 is 5.60 Å². The standard InChI is InChI=1S/C29H35N3O3/c1-6-32-23(34-20-10-8-7-9-18(20)13-30)17(2)22(31)19-11-26(19)14-27-12-21(27)29(16-28(27,29)15-26)24(33)35-25(3,4)5/h7-10,19,21H,6,11-12,14-16,31H2,1-5H3/b22-17-,32-23?/t19?,21-,26?,27?,28?,29?/m0/s1. The van der Waals surface area contributed by atoms with Crippen LogP contribution in [-0.4, -0.2) is 24.0 Å².